The Balaban J connectivity index is 1.52. The van der Waals surface area contributed by atoms with E-state index >= 15 is 0 Å². The zero-order chi connectivity index (χ0) is 29.0. The number of hydrogen-bond donors (Lipinski definition) is 3. The molecule has 0 spiro atoms. The zero-order valence-corrected chi connectivity index (χ0v) is 21.8. The molecule has 0 saturated carbocycles. The van der Waals surface area contributed by atoms with E-state index in [0.717, 1.165) is 4.90 Å². The smallest absolute Gasteiger partial charge is 0.425 e. The number of aryl methyl sites for hydroxylation is 1. The van der Waals surface area contributed by atoms with E-state index in [1.807, 2.05) is 0 Å². The van der Waals surface area contributed by atoms with Gasteiger partial charge in [-0.15, -0.1) is 16.9 Å². The first kappa shape index (κ1) is 28.8. The summed E-state index contributed by atoms with van der Waals surface area (Å²) in [5, 5.41) is 28.4. The van der Waals surface area contributed by atoms with Crippen LogP contribution in [0.15, 0.2) is 39.8 Å². The number of carboxylic acid groups (broad SMARTS) is 1. The highest BCUT2D eigenvalue weighted by atomic mass is 32.2. The number of carbonyl (C=O) groups is 4. The minimum atomic E-state index is -4.75. The van der Waals surface area contributed by atoms with Crippen LogP contribution < -0.4 is 10.6 Å². The summed E-state index contributed by atoms with van der Waals surface area (Å²) in [6, 6.07) is 2.73. The maximum absolute atomic E-state index is 13.1. The number of oxime groups is 1. The molecule has 0 aromatic carbocycles. The molecule has 3 amide bonds. The van der Waals surface area contributed by atoms with Crippen molar-refractivity contribution in [2.75, 3.05) is 23.4 Å². The van der Waals surface area contributed by atoms with Crippen molar-refractivity contribution in [2.24, 2.45) is 12.2 Å². The molecular formula is C20H18F3N9O6S2. The quantitative estimate of drug-likeness (QED) is 0.103. The molecule has 1 saturated heterocycles. The maximum atomic E-state index is 13.1. The van der Waals surface area contributed by atoms with Crippen molar-refractivity contribution in [3.63, 3.8) is 0 Å². The maximum Gasteiger partial charge on any atom is 0.425 e. The van der Waals surface area contributed by atoms with Gasteiger partial charge in [0.05, 0.1) is 0 Å². The minimum absolute atomic E-state index is 0.0312. The predicted molar refractivity (Wildman–Crippen MR) is 132 cm³/mol. The molecule has 2 aliphatic rings. The Morgan fingerprint density at radius 2 is 2.15 bits per heavy atom. The zero-order valence-electron chi connectivity index (χ0n) is 20.2. The van der Waals surface area contributed by atoms with Crippen LogP contribution in [0.1, 0.15) is 5.69 Å². The highest BCUT2D eigenvalue weighted by Gasteiger charge is 2.54. The Bertz CT molecular complexity index is 1400. The van der Waals surface area contributed by atoms with E-state index in [2.05, 4.69) is 41.1 Å². The number of nitrogens with zero attached hydrogens (tertiary/aromatic N) is 7. The summed E-state index contributed by atoms with van der Waals surface area (Å²) in [5.74, 6) is -2.84. The van der Waals surface area contributed by atoms with E-state index in [4.69, 9.17) is 0 Å². The third-order valence-corrected chi connectivity index (χ3v) is 7.73. The van der Waals surface area contributed by atoms with E-state index in [1.165, 1.54) is 46.4 Å². The average Bonchev–Trinajstić information content (AvgIpc) is 3.31. The van der Waals surface area contributed by atoms with Gasteiger partial charge in [-0.25, -0.2) is 14.5 Å². The van der Waals surface area contributed by atoms with Gasteiger partial charge >= 0.3 is 12.1 Å². The van der Waals surface area contributed by atoms with Gasteiger partial charge < -0.3 is 20.6 Å². The molecule has 212 valence electrons. The largest absolute Gasteiger partial charge is 0.477 e. The molecule has 2 aromatic rings. The molecule has 0 aliphatic carbocycles. The number of nitrogens with one attached hydrogen (secondary N) is 2. The SMILES string of the molecule is Cn1nnnc1SCC1=C(C(=O)O)N2C(=O)C(NC(=O)C(=NOCC(F)(F)F)c3cccc(NC=O)n3)[C@H]2SC1. The first-order chi connectivity index (χ1) is 19.0. The number of rotatable bonds is 11. The Labute approximate surface area is 230 Å². The lowest BCUT2D eigenvalue weighted by atomic mass is 10.0. The van der Waals surface area contributed by atoms with Crippen LogP contribution in [0.4, 0.5) is 19.0 Å². The van der Waals surface area contributed by atoms with E-state index in [-0.39, 0.29) is 28.7 Å². The lowest BCUT2D eigenvalue weighted by Crippen LogP contribution is -2.71. The molecule has 2 aliphatic heterocycles. The molecule has 4 heterocycles. The first-order valence-corrected chi connectivity index (χ1v) is 13.0. The average molecular weight is 602 g/mol. The number of carboxylic acids is 1. The molecule has 40 heavy (non-hydrogen) atoms. The van der Waals surface area contributed by atoms with Gasteiger partial charge in [0.2, 0.25) is 18.2 Å². The van der Waals surface area contributed by atoms with Crippen molar-refractivity contribution < 1.29 is 42.3 Å². The third kappa shape index (κ3) is 6.33. The van der Waals surface area contributed by atoms with Crippen molar-refractivity contribution in [2.45, 2.75) is 22.7 Å². The molecular weight excluding hydrogens is 583 g/mol. The summed E-state index contributed by atoms with van der Waals surface area (Å²) in [6.07, 6.45) is -4.45. The number of halogens is 3. The fraction of sp³-hybridized carbons (Fsp3) is 0.350. The van der Waals surface area contributed by atoms with E-state index < -0.39 is 47.7 Å². The first-order valence-electron chi connectivity index (χ1n) is 11.0. The molecule has 0 radical (unpaired) electrons. The van der Waals surface area contributed by atoms with Crippen LogP contribution >= 0.6 is 23.5 Å². The number of aromatic nitrogens is 5. The fourth-order valence-corrected chi connectivity index (χ4v) is 5.92. The van der Waals surface area contributed by atoms with Crippen molar-refractivity contribution in [3.05, 3.63) is 35.2 Å². The molecule has 1 fully saturated rings. The van der Waals surface area contributed by atoms with Gasteiger partial charge in [0.15, 0.2) is 5.71 Å². The summed E-state index contributed by atoms with van der Waals surface area (Å²) in [5.41, 5.74) is -0.755. The summed E-state index contributed by atoms with van der Waals surface area (Å²) >= 11 is 2.37. The number of thioether (sulfide) groups is 2. The Morgan fingerprint density at radius 3 is 2.80 bits per heavy atom. The van der Waals surface area contributed by atoms with Gasteiger partial charge in [-0.1, -0.05) is 23.0 Å². The van der Waals surface area contributed by atoms with Crippen molar-refractivity contribution in [1.82, 2.24) is 35.4 Å². The van der Waals surface area contributed by atoms with Crippen molar-refractivity contribution >= 4 is 59.2 Å². The predicted octanol–water partition coefficient (Wildman–Crippen LogP) is -0.0127. The van der Waals surface area contributed by atoms with Crippen LogP contribution in [0, 0.1) is 0 Å². The molecule has 15 nitrogen and oxygen atoms in total. The van der Waals surface area contributed by atoms with Gasteiger partial charge in [-0.2, -0.15) is 13.2 Å². The number of tetrazole rings is 1. The summed E-state index contributed by atoms with van der Waals surface area (Å²) in [6.45, 7) is -1.80. The number of carbonyl (C=O) groups excluding carboxylic acids is 3. The van der Waals surface area contributed by atoms with Gasteiger partial charge in [-0.3, -0.25) is 19.3 Å². The Hall–Kier alpha value is -4.20. The Kier molecular flexibility index (Phi) is 8.57. The Morgan fingerprint density at radius 1 is 1.38 bits per heavy atom. The summed E-state index contributed by atoms with van der Waals surface area (Å²) < 4.78 is 39.2. The van der Waals surface area contributed by atoms with Crippen molar-refractivity contribution in [1.29, 1.82) is 0 Å². The molecule has 20 heteroatoms. The summed E-state index contributed by atoms with van der Waals surface area (Å²) in [4.78, 5) is 58.1. The number of fused-ring (bicyclic) bond motifs is 1. The van der Waals surface area contributed by atoms with Gasteiger partial charge in [-0.05, 0) is 28.1 Å². The van der Waals surface area contributed by atoms with Crippen LogP contribution in [0.3, 0.4) is 0 Å². The van der Waals surface area contributed by atoms with E-state index in [0.29, 0.717) is 17.1 Å². The van der Waals surface area contributed by atoms with Crippen LogP contribution in [-0.2, 0) is 31.1 Å². The normalized spacial score (nSPS) is 19.1. The number of alkyl halides is 3. The topological polar surface area (TPSA) is 194 Å². The van der Waals surface area contributed by atoms with Crippen molar-refractivity contribution in [3.8, 4) is 0 Å². The van der Waals surface area contributed by atoms with Gasteiger partial charge in [0.1, 0.15) is 28.6 Å². The number of anilines is 1. The van der Waals surface area contributed by atoms with Gasteiger partial charge in [0.25, 0.3) is 11.8 Å². The number of amides is 3. The van der Waals surface area contributed by atoms with E-state index in [1.54, 1.807) is 7.05 Å². The second-order valence-corrected chi connectivity index (χ2v) is 10.0. The van der Waals surface area contributed by atoms with E-state index in [9.17, 15) is 37.5 Å². The highest BCUT2D eigenvalue weighted by molar-refractivity contribution is 8.01. The molecule has 3 N–H and O–H groups in total. The minimum Gasteiger partial charge on any atom is -0.477 e. The number of aliphatic carboxylic acids is 1. The molecule has 2 atom stereocenters. The molecule has 1 unspecified atom stereocenters. The van der Waals surface area contributed by atoms with Crippen LogP contribution in [-0.4, -0.2) is 101 Å². The highest BCUT2D eigenvalue weighted by Crippen LogP contribution is 2.41. The number of hydrogen-bond acceptors (Lipinski definition) is 12. The standard InChI is InChI=1S/C20H18F3N9O6S2/c1-31-19(27-29-30-31)40-6-9-5-39-17-13(16(35)32(17)14(9)18(36)37)26-15(34)12(28-38-7-20(21,22)23)10-3-2-4-11(25-10)24-8-33/h2-4,8,13,17H,5-7H2,1H3,(H,26,34)(H,36,37)(H,24,25,33)/t13?,17-/m1/s1. The van der Waals surface area contributed by atoms with Crippen LogP contribution in [0.25, 0.3) is 0 Å². The van der Waals surface area contributed by atoms with Crippen LogP contribution in [0.2, 0.25) is 0 Å². The monoisotopic (exact) mass is 601 g/mol. The number of β-lactam (4-membered cyclic amide) rings is 1. The second kappa shape index (κ2) is 11.9. The third-order valence-electron chi connectivity index (χ3n) is 5.29. The molecule has 4 rings (SSSR count). The van der Waals surface area contributed by atoms with Gasteiger partial charge in [0, 0.05) is 18.6 Å². The lowest BCUT2D eigenvalue weighted by Gasteiger charge is -2.49. The number of pyridine rings is 1. The van der Waals surface area contributed by atoms with Crippen LogP contribution in [0.5, 0.6) is 0 Å². The fourth-order valence-electron chi connectivity index (χ4n) is 3.58. The second-order valence-electron chi connectivity index (χ2n) is 7.99. The lowest BCUT2D eigenvalue weighted by molar-refractivity contribution is -0.174. The summed E-state index contributed by atoms with van der Waals surface area (Å²) in [7, 11) is 1.61. The molecule has 0 bridgehead atoms. The molecule has 2 aromatic heterocycles.